The average Bonchev–Trinajstić information content (AvgIpc) is 3.68. The van der Waals surface area contributed by atoms with Gasteiger partial charge in [-0.25, -0.2) is 4.98 Å². The monoisotopic (exact) mass is 586 g/mol. The summed E-state index contributed by atoms with van der Waals surface area (Å²) in [6, 6.07) is 24.4. The van der Waals surface area contributed by atoms with Crippen LogP contribution in [0.5, 0.6) is 11.5 Å². The lowest BCUT2D eigenvalue weighted by atomic mass is 10.0. The van der Waals surface area contributed by atoms with Crippen LogP contribution in [0.4, 0.5) is 0 Å². The van der Waals surface area contributed by atoms with Crippen LogP contribution in [0.25, 0.3) is 27.7 Å². The molecule has 1 atom stereocenters. The molecule has 2 aliphatic heterocycles. The normalized spacial score (nSPS) is 16.5. The van der Waals surface area contributed by atoms with Crippen molar-refractivity contribution in [3.05, 3.63) is 108 Å². The van der Waals surface area contributed by atoms with E-state index in [1.165, 1.54) is 4.90 Å². The van der Waals surface area contributed by atoms with Crippen molar-refractivity contribution >= 4 is 28.5 Å². The van der Waals surface area contributed by atoms with Gasteiger partial charge in [0.15, 0.2) is 0 Å². The van der Waals surface area contributed by atoms with Crippen LogP contribution in [-0.4, -0.2) is 57.3 Å². The number of ether oxygens (including phenoxy) is 2. The SMILES string of the molecule is COc1ccc(CN2C(=O)CCC(N3Cc4cc(-n5cnc(-c6ccc7cc(OC)ccc7c6)c5)ccc4C3=O)C2=O)cc1. The number of fused-ring (bicyclic) bond motifs is 2. The van der Waals surface area contributed by atoms with Crippen LogP contribution in [0.15, 0.2) is 91.4 Å². The van der Waals surface area contributed by atoms with Gasteiger partial charge in [0, 0.05) is 36.0 Å². The Labute approximate surface area is 254 Å². The van der Waals surface area contributed by atoms with E-state index in [0.717, 1.165) is 44.6 Å². The fraction of sp³-hybridized carbons (Fsp3) is 0.200. The van der Waals surface area contributed by atoms with Crippen molar-refractivity contribution in [2.45, 2.75) is 32.0 Å². The van der Waals surface area contributed by atoms with Crippen LogP contribution in [-0.2, 0) is 22.7 Å². The Morgan fingerprint density at radius 3 is 2.39 bits per heavy atom. The second-order valence-electron chi connectivity index (χ2n) is 11.1. The predicted octanol–water partition coefficient (Wildman–Crippen LogP) is 5.38. The van der Waals surface area contributed by atoms with E-state index < -0.39 is 6.04 Å². The largest absolute Gasteiger partial charge is 0.497 e. The summed E-state index contributed by atoms with van der Waals surface area (Å²) >= 11 is 0. The minimum absolute atomic E-state index is 0.158. The number of hydrogen-bond donors (Lipinski definition) is 0. The first-order chi connectivity index (χ1) is 21.4. The van der Waals surface area contributed by atoms with Gasteiger partial charge in [0.1, 0.15) is 17.5 Å². The van der Waals surface area contributed by atoms with Gasteiger partial charge in [0.05, 0.1) is 32.8 Å². The number of hydrogen-bond acceptors (Lipinski definition) is 6. The van der Waals surface area contributed by atoms with Gasteiger partial charge in [-0.1, -0.05) is 30.3 Å². The maximum absolute atomic E-state index is 13.6. The van der Waals surface area contributed by atoms with Gasteiger partial charge in [0.2, 0.25) is 5.91 Å². The summed E-state index contributed by atoms with van der Waals surface area (Å²) in [6.07, 6.45) is 4.25. The fourth-order valence-corrected chi connectivity index (χ4v) is 6.06. The van der Waals surface area contributed by atoms with Gasteiger partial charge < -0.3 is 18.9 Å². The van der Waals surface area contributed by atoms with E-state index in [0.29, 0.717) is 24.3 Å². The van der Waals surface area contributed by atoms with Gasteiger partial charge in [-0.05, 0) is 76.9 Å². The number of imide groups is 1. The first kappa shape index (κ1) is 27.4. The van der Waals surface area contributed by atoms with Gasteiger partial charge in [-0.15, -0.1) is 0 Å². The maximum Gasteiger partial charge on any atom is 0.255 e. The molecule has 220 valence electrons. The summed E-state index contributed by atoms with van der Waals surface area (Å²) in [5, 5.41) is 2.18. The quantitative estimate of drug-likeness (QED) is 0.238. The molecule has 0 radical (unpaired) electrons. The number of piperidine rings is 1. The third-order valence-electron chi connectivity index (χ3n) is 8.50. The van der Waals surface area contributed by atoms with E-state index in [9.17, 15) is 14.4 Å². The highest BCUT2D eigenvalue weighted by molar-refractivity contribution is 6.05. The second-order valence-corrected chi connectivity index (χ2v) is 11.1. The van der Waals surface area contributed by atoms with Gasteiger partial charge >= 0.3 is 0 Å². The van der Waals surface area contributed by atoms with E-state index in [4.69, 9.17) is 9.47 Å². The highest BCUT2D eigenvalue weighted by Crippen LogP contribution is 2.32. The molecule has 3 heterocycles. The zero-order valence-electron chi connectivity index (χ0n) is 24.4. The van der Waals surface area contributed by atoms with Crippen LogP contribution >= 0.6 is 0 Å². The lowest BCUT2D eigenvalue weighted by molar-refractivity contribution is -0.153. The number of carbonyl (C=O) groups excluding carboxylic acids is 3. The van der Waals surface area contributed by atoms with Gasteiger partial charge in [0.25, 0.3) is 11.8 Å². The molecule has 0 aliphatic carbocycles. The van der Waals surface area contributed by atoms with Crippen molar-refractivity contribution in [2.75, 3.05) is 14.2 Å². The van der Waals surface area contributed by atoms with Crippen molar-refractivity contribution in [1.29, 1.82) is 0 Å². The Balaban J connectivity index is 1.09. The van der Waals surface area contributed by atoms with Crippen LogP contribution in [0.3, 0.4) is 0 Å². The van der Waals surface area contributed by atoms with Crippen LogP contribution < -0.4 is 9.47 Å². The maximum atomic E-state index is 13.6. The summed E-state index contributed by atoms with van der Waals surface area (Å²) < 4.78 is 12.5. The van der Waals surface area contributed by atoms with E-state index in [1.54, 1.807) is 37.6 Å². The summed E-state index contributed by atoms with van der Waals surface area (Å²) in [6.45, 7) is 0.463. The summed E-state index contributed by atoms with van der Waals surface area (Å²) in [5.41, 5.74) is 4.93. The summed E-state index contributed by atoms with van der Waals surface area (Å²) in [7, 11) is 3.24. The van der Waals surface area contributed by atoms with Crippen molar-refractivity contribution in [1.82, 2.24) is 19.4 Å². The number of amides is 3. The molecule has 4 aromatic carbocycles. The number of methoxy groups -OCH3 is 2. The molecule has 7 rings (SSSR count). The number of nitrogens with zero attached hydrogens (tertiary/aromatic N) is 4. The molecule has 1 saturated heterocycles. The number of benzene rings is 4. The standard InChI is InChI=1S/C35H30N4O5/c1-43-28-9-3-22(4-10-28)18-39-33(40)14-13-32(35(39)42)38-19-26-16-27(8-12-30(26)34(38)41)37-20-31(36-21-37)25-6-5-24-17-29(44-2)11-7-23(24)15-25/h3-12,15-17,20-21,32H,13-14,18-19H2,1-2H3. The Kier molecular flexibility index (Phi) is 6.85. The first-order valence-corrected chi connectivity index (χ1v) is 14.5. The van der Waals surface area contributed by atoms with E-state index >= 15 is 0 Å². The molecule has 0 saturated carbocycles. The van der Waals surface area contributed by atoms with Crippen molar-refractivity contribution < 1.29 is 23.9 Å². The van der Waals surface area contributed by atoms with Crippen LogP contribution in [0.1, 0.15) is 34.3 Å². The molecule has 5 aromatic rings. The lowest BCUT2D eigenvalue weighted by Crippen LogP contribution is -2.54. The molecule has 2 aliphatic rings. The molecule has 0 N–H and O–H groups in total. The Bertz CT molecular complexity index is 1930. The third-order valence-corrected chi connectivity index (χ3v) is 8.50. The Morgan fingerprint density at radius 1 is 0.841 bits per heavy atom. The molecule has 1 fully saturated rings. The lowest BCUT2D eigenvalue weighted by Gasteiger charge is -2.35. The molecule has 0 bridgehead atoms. The minimum atomic E-state index is -0.693. The highest BCUT2D eigenvalue weighted by Gasteiger charge is 2.42. The van der Waals surface area contributed by atoms with Gasteiger partial charge in [-0.2, -0.15) is 0 Å². The summed E-state index contributed by atoms with van der Waals surface area (Å²) in [4.78, 5) is 47.3. The number of carbonyl (C=O) groups is 3. The zero-order chi connectivity index (χ0) is 30.4. The Hall–Kier alpha value is -5.44. The van der Waals surface area contributed by atoms with Gasteiger partial charge in [-0.3, -0.25) is 19.3 Å². The number of aromatic nitrogens is 2. The highest BCUT2D eigenvalue weighted by atomic mass is 16.5. The molecule has 44 heavy (non-hydrogen) atoms. The van der Waals surface area contributed by atoms with E-state index in [-0.39, 0.29) is 30.7 Å². The molecule has 9 nitrogen and oxygen atoms in total. The van der Waals surface area contributed by atoms with Crippen LogP contribution in [0.2, 0.25) is 0 Å². The molecule has 1 unspecified atom stereocenters. The second kappa shape index (κ2) is 11.0. The van der Waals surface area contributed by atoms with Crippen molar-refractivity contribution in [3.8, 4) is 28.4 Å². The number of likely N-dealkylation sites (tertiary alicyclic amines) is 1. The summed E-state index contributed by atoms with van der Waals surface area (Å²) in [5.74, 6) is 0.755. The first-order valence-electron chi connectivity index (χ1n) is 14.5. The molecule has 9 heteroatoms. The van der Waals surface area contributed by atoms with E-state index in [2.05, 4.69) is 17.1 Å². The van der Waals surface area contributed by atoms with Crippen LogP contribution in [0, 0.1) is 0 Å². The van der Waals surface area contributed by atoms with Crippen molar-refractivity contribution in [2.24, 2.45) is 0 Å². The van der Waals surface area contributed by atoms with Crippen molar-refractivity contribution in [3.63, 3.8) is 0 Å². The molecule has 3 amide bonds. The molecular formula is C35H30N4O5. The predicted molar refractivity (Wildman–Crippen MR) is 165 cm³/mol. The number of imidazole rings is 1. The molecule has 0 spiro atoms. The zero-order valence-corrected chi connectivity index (χ0v) is 24.4. The minimum Gasteiger partial charge on any atom is -0.497 e. The number of rotatable bonds is 7. The Morgan fingerprint density at radius 2 is 1.59 bits per heavy atom. The third kappa shape index (κ3) is 4.86. The van der Waals surface area contributed by atoms with E-state index in [1.807, 2.05) is 65.4 Å². The smallest absolute Gasteiger partial charge is 0.255 e. The fourth-order valence-electron chi connectivity index (χ4n) is 6.06. The molecular weight excluding hydrogens is 556 g/mol. The average molecular weight is 587 g/mol. The molecule has 1 aromatic heterocycles. The topological polar surface area (TPSA) is 94.0 Å².